The monoisotopic (exact) mass is 339 g/mol. The zero-order chi connectivity index (χ0) is 17.6. The number of phenolic OH excluding ortho intramolecular Hbond substituents is 1. The van der Waals surface area contributed by atoms with Crippen LogP contribution >= 0.6 is 0 Å². The van der Waals surface area contributed by atoms with E-state index in [0.29, 0.717) is 23.5 Å². The molecule has 3 atom stereocenters. The van der Waals surface area contributed by atoms with E-state index in [2.05, 4.69) is 16.8 Å². The third-order valence-corrected chi connectivity index (χ3v) is 6.12. The highest BCUT2D eigenvalue weighted by Gasteiger charge is 2.55. The molecule has 0 amide bonds. The normalized spacial score (nSPS) is 27.9. The number of rotatable bonds is 4. The summed E-state index contributed by atoms with van der Waals surface area (Å²) in [7, 11) is 0. The maximum absolute atomic E-state index is 10.2. The van der Waals surface area contributed by atoms with Crippen molar-refractivity contribution in [3.63, 3.8) is 0 Å². The van der Waals surface area contributed by atoms with Gasteiger partial charge in [0.15, 0.2) is 5.82 Å². The van der Waals surface area contributed by atoms with Crippen molar-refractivity contribution in [1.29, 1.82) is 0 Å². The number of para-hydroxylation sites is 1. The lowest BCUT2D eigenvalue weighted by molar-refractivity contribution is 0.0944. The van der Waals surface area contributed by atoms with E-state index in [0.717, 1.165) is 37.2 Å². The third kappa shape index (κ3) is 2.49. The Balaban J connectivity index is 1.76. The molecule has 0 spiro atoms. The first kappa shape index (κ1) is 16.3. The number of phenols is 1. The molecule has 0 aliphatic carbocycles. The second-order valence-corrected chi connectivity index (χ2v) is 7.44. The molecular weight excluding hydrogens is 314 g/mol. The maximum Gasteiger partial charge on any atom is 0.165 e. The van der Waals surface area contributed by atoms with E-state index in [1.165, 1.54) is 0 Å². The average molecular weight is 339 g/mol. The molecule has 2 fully saturated rings. The highest BCUT2D eigenvalue weighted by Crippen LogP contribution is 2.52. The molecule has 4 rings (SSSR count). The van der Waals surface area contributed by atoms with Gasteiger partial charge in [0.05, 0.1) is 12.2 Å². The van der Waals surface area contributed by atoms with Crippen molar-refractivity contribution in [3.05, 3.63) is 36.0 Å². The van der Waals surface area contributed by atoms with Crippen LogP contribution < -0.4 is 4.90 Å². The molecule has 2 saturated heterocycles. The molecule has 2 aliphatic heterocycles. The minimum atomic E-state index is -0.0170. The Hall–Kier alpha value is -2.14. The number of nitrogens with zero attached hydrogens (tertiary/aromatic N) is 3. The predicted molar refractivity (Wildman–Crippen MR) is 97.6 cm³/mol. The number of aliphatic hydroxyl groups is 1. The number of aliphatic hydroxyl groups excluding tert-OH is 1. The third-order valence-electron chi connectivity index (χ3n) is 6.12. The highest BCUT2D eigenvalue weighted by molar-refractivity contribution is 5.65. The van der Waals surface area contributed by atoms with Crippen molar-refractivity contribution in [2.24, 2.45) is 5.41 Å². The Morgan fingerprint density at radius 2 is 2.04 bits per heavy atom. The summed E-state index contributed by atoms with van der Waals surface area (Å²) in [5.74, 6) is 1.68. The van der Waals surface area contributed by atoms with Crippen LogP contribution in [0, 0.1) is 12.3 Å². The molecule has 3 heterocycles. The maximum atomic E-state index is 10.2. The van der Waals surface area contributed by atoms with Gasteiger partial charge in [-0.2, -0.15) is 0 Å². The molecule has 25 heavy (non-hydrogen) atoms. The van der Waals surface area contributed by atoms with Gasteiger partial charge in [-0.3, -0.25) is 0 Å². The second kappa shape index (κ2) is 5.99. The average Bonchev–Trinajstić information content (AvgIpc) is 3.17. The van der Waals surface area contributed by atoms with E-state index in [1.807, 2.05) is 25.1 Å². The van der Waals surface area contributed by atoms with Gasteiger partial charge in [-0.05, 0) is 44.7 Å². The van der Waals surface area contributed by atoms with Crippen molar-refractivity contribution in [3.8, 4) is 17.1 Å². The number of aromatic nitrogens is 2. The highest BCUT2D eigenvalue weighted by atomic mass is 16.3. The summed E-state index contributed by atoms with van der Waals surface area (Å²) in [5.41, 5.74) is 1.53. The molecule has 2 N–H and O–H groups in total. The van der Waals surface area contributed by atoms with Gasteiger partial charge in [0.1, 0.15) is 11.6 Å². The molecular formula is C20H25N3O2. The van der Waals surface area contributed by atoms with Crippen molar-refractivity contribution >= 4 is 5.82 Å². The topological polar surface area (TPSA) is 69.5 Å². The summed E-state index contributed by atoms with van der Waals surface area (Å²) in [6.45, 7) is 4.37. The molecule has 1 aromatic heterocycles. The van der Waals surface area contributed by atoms with Crippen LogP contribution in [0.15, 0.2) is 30.3 Å². The quantitative estimate of drug-likeness (QED) is 0.894. The summed E-state index contributed by atoms with van der Waals surface area (Å²) < 4.78 is 0. The Kier molecular flexibility index (Phi) is 3.91. The fourth-order valence-corrected chi connectivity index (χ4v) is 4.77. The van der Waals surface area contributed by atoms with Crippen molar-refractivity contribution < 1.29 is 10.2 Å². The van der Waals surface area contributed by atoms with Gasteiger partial charge >= 0.3 is 0 Å². The number of benzene rings is 1. The van der Waals surface area contributed by atoms with Crippen LogP contribution in [0.25, 0.3) is 11.4 Å². The molecule has 2 bridgehead atoms. The Labute approximate surface area is 148 Å². The number of aryl methyl sites for hydroxylation is 1. The number of hydrogen-bond donors (Lipinski definition) is 2. The van der Waals surface area contributed by atoms with Crippen LogP contribution in [0.1, 0.15) is 38.3 Å². The van der Waals surface area contributed by atoms with Crippen molar-refractivity contribution in [1.82, 2.24) is 9.97 Å². The summed E-state index contributed by atoms with van der Waals surface area (Å²) >= 11 is 0. The first-order valence-electron chi connectivity index (χ1n) is 9.11. The summed E-state index contributed by atoms with van der Waals surface area (Å²) in [5, 5.41) is 20.2. The zero-order valence-electron chi connectivity index (χ0n) is 14.8. The van der Waals surface area contributed by atoms with Crippen LogP contribution in [-0.2, 0) is 0 Å². The molecule has 2 aromatic rings. The minimum Gasteiger partial charge on any atom is -0.507 e. The van der Waals surface area contributed by atoms with E-state index in [1.54, 1.807) is 12.1 Å². The standard InChI is InChI=1S/C20H25N3O2/c1-3-20(12-24)11-14-8-9-17(20)23(14)18-10-13(2)21-19(22-18)15-6-4-5-7-16(15)25/h4-7,10,14,17,24-25H,3,8-9,11-12H2,1-2H3/t14-,17+,20-/m1/s1. The number of hydrogen-bond acceptors (Lipinski definition) is 5. The largest absolute Gasteiger partial charge is 0.507 e. The van der Waals surface area contributed by atoms with Gasteiger partial charge in [0.2, 0.25) is 0 Å². The lowest BCUT2D eigenvalue weighted by Gasteiger charge is -2.35. The molecule has 2 aliphatic rings. The molecule has 0 radical (unpaired) electrons. The Morgan fingerprint density at radius 1 is 1.24 bits per heavy atom. The molecule has 5 heteroatoms. The van der Waals surface area contributed by atoms with Gasteiger partial charge in [-0.25, -0.2) is 9.97 Å². The lowest BCUT2D eigenvalue weighted by atomic mass is 9.72. The van der Waals surface area contributed by atoms with Crippen LogP contribution in [0.2, 0.25) is 0 Å². The van der Waals surface area contributed by atoms with E-state index in [-0.39, 0.29) is 17.8 Å². The number of fused-ring (bicyclic) bond motifs is 2. The number of aromatic hydroxyl groups is 1. The van der Waals surface area contributed by atoms with Gasteiger partial charge < -0.3 is 15.1 Å². The van der Waals surface area contributed by atoms with Gasteiger partial charge in [-0.15, -0.1) is 0 Å². The van der Waals surface area contributed by atoms with Gasteiger partial charge in [-0.1, -0.05) is 19.1 Å². The van der Waals surface area contributed by atoms with Gasteiger partial charge in [0, 0.05) is 29.3 Å². The molecule has 5 nitrogen and oxygen atoms in total. The number of anilines is 1. The van der Waals surface area contributed by atoms with Crippen LogP contribution in [-0.4, -0.2) is 38.9 Å². The zero-order valence-corrected chi connectivity index (χ0v) is 14.8. The van der Waals surface area contributed by atoms with E-state index >= 15 is 0 Å². The van der Waals surface area contributed by atoms with E-state index in [9.17, 15) is 10.2 Å². The molecule has 0 saturated carbocycles. The van der Waals surface area contributed by atoms with Crippen molar-refractivity contribution in [2.45, 2.75) is 51.6 Å². The predicted octanol–water partition coefficient (Wildman–Crippen LogP) is 3.29. The minimum absolute atomic E-state index is 0.0170. The van der Waals surface area contributed by atoms with E-state index in [4.69, 9.17) is 4.98 Å². The van der Waals surface area contributed by atoms with E-state index < -0.39 is 0 Å². The lowest BCUT2D eigenvalue weighted by Crippen LogP contribution is -2.40. The summed E-state index contributed by atoms with van der Waals surface area (Å²) in [6.07, 6.45) is 4.27. The van der Waals surface area contributed by atoms with Gasteiger partial charge in [0.25, 0.3) is 0 Å². The Bertz CT molecular complexity index is 788. The van der Waals surface area contributed by atoms with Crippen LogP contribution in [0.3, 0.4) is 0 Å². The SMILES string of the molecule is CC[C@]1(CO)C[C@H]2CC[C@@H]1N2c1cc(C)nc(-c2ccccc2O)n1. The fraction of sp³-hybridized carbons (Fsp3) is 0.500. The fourth-order valence-electron chi connectivity index (χ4n) is 4.77. The molecule has 132 valence electrons. The Morgan fingerprint density at radius 3 is 2.72 bits per heavy atom. The van der Waals surface area contributed by atoms with Crippen molar-refractivity contribution in [2.75, 3.05) is 11.5 Å². The molecule has 1 aromatic carbocycles. The van der Waals surface area contributed by atoms with Crippen LogP contribution in [0.5, 0.6) is 5.75 Å². The first-order chi connectivity index (χ1) is 12.1. The smallest absolute Gasteiger partial charge is 0.165 e. The second-order valence-electron chi connectivity index (χ2n) is 7.44. The molecule has 0 unspecified atom stereocenters. The summed E-state index contributed by atoms with van der Waals surface area (Å²) in [6, 6.07) is 9.98. The van der Waals surface area contributed by atoms with Crippen LogP contribution in [0.4, 0.5) is 5.82 Å². The first-order valence-corrected chi connectivity index (χ1v) is 9.11. The summed E-state index contributed by atoms with van der Waals surface area (Å²) in [4.78, 5) is 11.7.